The molecule has 1 aromatic heterocycles. The fraction of sp³-hybridized carbons (Fsp3) is 0.200. The molecule has 1 aliphatic rings. The first-order valence-corrected chi connectivity index (χ1v) is 3.42. The minimum atomic E-state index is -0.892. The second-order valence-electron chi connectivity index (χ2n) is 2.41. The molecule has 8 heteroatoms. The van der Waals surface area contributed by atoms with Crippen LogP contribution in [0.2, 0.25) is 0 Å². The maximum atomic E-state index is 11.1. The van der Waals surface area contributed by atoms with Gasteiger partial charge in [0.05, 0.1) is 0 Å². The summed E-state index contributed by atoms with van der Waals surface area (Å²) in [5.41, 5.74) is 5.35. The third kappa shape index (κ3) is 0.957. The number of anilines is 1. The van der Waals surface area contributed by atoms with Gasteiger partial charge in [0.2, 0.25) is 5.95 Å². The summed E-state index contributed by atoms with van der Waals surface area (Å²) >= 11 is 0. The standard InChI is InChI=1S/C5H6N6O2/c6-3-2(10-13)4(12)9-5-7-1-8-11(3)5/h1,3,13H,6H2,(H,7,8,9,12)/b10-2+/t3-/m1/s1. The summed E-state index contributed by atoms with van der Waals surface area (Å²) in [4.78, 5) is 14.9. The Balaban J connectivity index is 2.51. The minimum Gasteiger partial charge on any atom is -0.410 e. The normalized spacial score (nSPS) is 24.2. The number of carbonyl (C=O) groups is 1. The number of aromatic nitrogens is 3. The summed E-state index contributed by atoms with van der Waals surface area (Å²) < 4.78 is 1.25. The predicted molar refractivity (Wildman–Crippen MR) is 41.1 cm³/mol. The lowest BCUT2D eigenvalue weighted by Gasteiger charge is -2.19. The molecule has 8 nitrogen and oxygen atoms in total. The van der Waals surface area contributed by atoms with E-state index in [0.717, 1.165) is 0 Å². The van der Waals surface area contributed by atoms with E-state index in [4.69, 9.17) is 10.9 Å². The molecule has 0 bridgehead atoms. The van der Waals surface area contributed by atoms with Crippen molar-refractivity contribution in [1.29, 1.82) is 0 Å². The Bertz CT molecular complexity index is 382. The number of nitrogens with one attached hydrogen (secondary N) is 1. The highest BCUT2D eigenvalue weighted by Gasteiger charge is 2.30. The lowest BCUT2D eigenvalue weighted by atomic mass is 10.2. The molecular weight excluding hydrogens is 176 g/mol. The van der Waals surface area contributed by atoms with Crippen molar-refractivity contribution in [2.75, 3.05) is 5.32 Å². The quantitative estimate of drug-likeness (QED) is 0.334. The number of nitrogens with two attached hydrogens (primary N) is 1. The van der Waals surface area contributed by atoms with Gasteiger partial charge in [0.15, 0.2) is 11.9 Å². The van der Waals surface area contributed by atoms with Gasteiger partial charge in [0, 0.05) is 0 Å². The zero-order valence-corrected chi connectivity index (χ0v) is 6.38. The molecule has 1 aromatic rings. The van der Waals surface area contributed by atoms with E-state index in [-0.39, 0.29) is 11.7 Å². The molecule has 1 atom stereocenters. The van der Waals surface area contributed by atoms with Gasteiger partial charge in [-0.3, -0.25) is 10.1 Å². The van der Waals surface area contributed by atoms with Crippen LogP contribution in [0, 0.1) is 0 Å². The highest BCUT2D eigenvalue weighted by atomic mass is 16.4. The molecule has 0 fully saturated rings. The molecule has 2 heterocycles. The van der Waals surface area contributed by atoms with E-state index >= 15 is 0 Å². The summed E-state index contributed by atoms with van der Waals surface area (Å²) in [6, 6.07) is 0. The van der Waals surface area contributed by atoms with Crippen molar-refractivity contribution in [3.8, 4) is 0 Å². The Hall–Kier alpha value is -1.96. The van der Waals surface area contributed by atoms with E-state index in [9.17, 15) is 4.79 Å². The number of fused-ring (bicyclic) bond motifs is 1. The lowest BCUT2D eigenvalue weighted by Crippen LogP contribution is -2.42. The fourth-order valence-electron chi connectivity index (χ4n) is 1.06. The summed E-state index contributed by atoms with van der Waals surface area (Å²) in [6.07, 6.45) is 0.353. The van der Waals surface area contributed by atoms with E-state index in [0.29, 0.717) is 0 Å². The highest BCUT2D eigenvalue weighted by Crippen LogP contribution is 2.14. The Labute approximate surface area is 72.0 Å². The maximum absolute atomic E-state index is 11.1. The molecule has 1 amide bonds. The van der Waals surface area contributed by atoms with Crippen molar-refractivity contribution < 1.29 is 10.0 Å². The van der Waals surface area contributed by atoms with Crippen molar-refractivity contribution in [2.24, 2.45) is 10.9 Å². The summed E-state index contributed by atoms with van der Waals surface area (Å²) in [7, 11) is 0. The van der Waals surface area contributed by atoms with Crippen LogP contribution in [0.5, 0.6) is 0 Å². The van der Waals surface area contributed by atoms with Crippen LogP contribution in [0.25, 0.3) is 0 Å². The van der Waals surface area contributed by atoms with Crippen molar-refractivity contribution in [3.63, 3.8) is 0 Å². The molecule has 0 saturated heterocycles. The van der Waals surface area contributed by atoms with Gasteiger partial charge < -0.3 is 10.9 Å². The number of hydrogen-bond acceptors (Lipinski definition) is 6. The number of nitrogens with zero attached hydrogens (tertiary/aromatic N) is 4. The van der Waals surface area contributed by atoms with E-state index in [1.165, 1.54) is 11.0 Å². The highest BCUT2D eigenvalue weighted by molar-refractivity contribution is 6.44. The average molecular weight is 182 g/mol. The Morgan fingerprint density at radius 1 is 1.77 bits per heavy atom. The first-order valence-electron chi connectivity index (χ1n) is 3.42. The fourth-order valence-corrected chi connectivity index (χ4v) is 1.06. The van der Waals surface area contributed by atoms with Crippen LogP contribution in [-0.4, -0.2) is 31.6 Å². The van der Waals surface area contributed by atoms with Gasteiger partial charge >= 0.3 is 0 Å². The second-order valence-corrected chi connectivity index (χ2v) is 2.41. The van der Waals surface area contributed by atoms with Crippen molar-refractivity contribution in [1.82, 2.24) is 14.8 Å². The molecule has 0 radical (unpaired) electrons. The van der Waals surface area contributed by atoms with Crippen molar-refractivity contribution in [3.05, 3.63) is 6.33 Å². The smallest absolute Gasteiger partial charge is 0.279 e. The zero-order chi connectivity index (χ0) is 9.42. The second kappa shape index (κ2) is 2.52. The molecule has 1 aliphatic heterocycles. The largest absolute Gasteiger partial charge is 0.410 e. The van der Waals surface area contributed by atoms with Crippen LogP contribution < -0.4 is 11.1 Å². The molecule has 0 aliphatic carbocycles. The SMILES string of the molecule is N[C@H]1/C(=N\O)C(=O)Nc2ncnn21. The number of carbonyl (C=O) groups excluding carboxylic acids is 1. The average Bonchev–Trinajstić information content (AvgIpc) is 2.53. The summed E-state index contributed by atoms with van der Waals surface area (Å²) in [5.74, 6) is -0.333. The molecule has 4 N–H and O–H groups in total. The number of oxime groups is 1. The van der Waals surface area contributed by atoms with E-state index < -0.39 is 12.1 Å². The van der Waals surface area contributed by atoms with Crippen LogP contribution >= 0.6 is 0 Å². The number of amides is 1. The monoisotopic (exact) mass is 182 g/mol. The van der Waals surface area contributed by atoms with Crippen LogP contribution in [0.4, 0.5) is 5.95 Å². The Morgan fingerprint density at radius 3 is 3.23 bits per heavy atom. The van der Waals surface area contributed by atoms with Crippen molar-refractivity contribution >= 4 is 17.6 Å². The van der Waals surface area contributed by atoms with Gasteiger partial charge in [-0.25, -0.2) is 4.68 Å². The Morgan fingerprint density at radius 2 is 2.54 bits per heavy atom. The predicted octanol–water partition coefficient (Wildman–Crippen LogP) is -1.48. The van der Waals surface area contributed by atoms with E-state index in [2.05, 4.69) is 20.6 Å². The summed E-state index contributed by atoms with van der Waals surface area (Å²) in [6.45, 7) is 0. The zero-order valence-electron chi connectivity index (χ0n) is 6.38. The molecule has 2 rings (SSSR count). The number of rotatable bonds is 0. The topological polar surface area (TPSA) is 118 Å². The van der Waals surface area contributed by atoms with Gasteiger partial charge in [-0.15, -0.1) is 0 Å². The number of hydrogen-bond donors (Lipinski definition) is 3. The van der Waals surface area contributed by atoms with Crippen molar-refractivity contribution in [2.45, 2.75) is 6.17 Å². The van der Waals surface area contributed by atoms with Crippen LogP contribution in [0.1, 0.15) is 6.17 Å². The molecule has 0 spiro atoms. The van der Waals surface area contributed by atoms with Crippen LogP contribution in [0.15, 0.2) is 11.5 Å². The molecular formula is C5H6N6O2. The summed E-state index contributed by atoms with van der Waals surface area (Å²) in [5, 5.41) is 17.4. The minimum absolute atomic E-state index is 0.196. The third-order valence-electron chi connectivity index (χ3n) is 1.68. The molecule has 0 saturated carbocycles. The third-order valence-corrected chi connectivity index (χ3v) is 1.68. The van der Waals surface area contributed by atoms with Gasteiger partial charge in [0.25, 0.3) is 5.91 Å². The van der Waals surface area contributed by atoms with Gasteiger partial charge in [-0.05, 0) is 0 Å². The van der Waals surface area contributed by atoms with Gasteiger partial charge in [0.1, 0.15) is 6.33 Å². The first kappa shape index (κ1) is 7.68. The Kier molecular flexibility index (Phi) is 1.49. The van der Waals surface area contributed by atoms with E-state index in [1.54, 1.807) is 0 Å². The van der Waals surface area contributed by atoms with Gasteiger partial charge in [-0.1, -0.05) is 5.16 Å². The first-order chi connectivity index (χ1) is 6.24. The molecule has 13 heavy (non-hydrogen) atoms. The molecule has 0 unspecified atom stereocenters. The maximum Gasteiger partial charge on any atom is 0.279 e. The van der Waals surface area contributed by atoms with Gasteiger partial charge in [-0.2, -0.15) is 10.1 Å². The van der Waals surface area contributed by atoms with Crippen LogP contribution in [0.3, 0.4) is 0 Å². The lowest BCUT2D eigenvalue weighted by molar-refractivity contribution is -0.111. The molecule has 0 aromatic carbocycles. The van der Waals surface area contributed by atoms with E-state index in [1.807, 2.05) is 0 Å². The van der Waals surface area contributed by atoms with Crippen LogP contribution in [-0.2, 0) is 4.79 Å². The molecule has 68 valence electrons.